The van der Waals surface area contributed by atoms with Gasteiger partial charge in [-0.25, -0.2) is 0 Å². The first-order valence-electron chi connectivity index (χ1n) is 5.18. The van der Waals surface area contributed by atoms with Gasteiger partial charge in [-0.05, 0) is 18.2 Å². The second-order valence-electron chi connectivity index (χ2n) is 3.85. The van der Waals surface area contributed by atoms with Crippen LogP contribution < -0.4 is 0 Å². The molecular weight excluding hydrogens is 309 g/mol. The minimum Gasteiger partial charge on any atom is -0.271 e. The van der Waals surface area contributed by atoms with Gasteiger partial charge in [-0.1, -0.05) is 28.1 Å². The number of hydrogen-bond acceptors (Lipinski definition) is 1. The summed E-state index contributed by atoms with van der Waals surface area (Å²) < 4.78 is 39.0. The van der Waals surface area contributed by atoms with Crippen LogP contribution in [0.25, 0.3) is 11.3 Å². The van der Waals surface area contributed by atoms with E-state index in [1.807, 2.05) is 6.07 Å². The van der Waals surface area contributed by atoms with Gasteiger partial charge >= 0.3 is 6.18 Å². The molecule has 1 aromatic carbocycles. The highest BCUT2D eigenvalue weighted by atomic mass is 79.9. The van der Waals surface area contributed by atoms with E-state index < -0.39 is 11.7 Å². The van der Waals surface area contributed by atoms with Crippen molar-refractivity contribution < 1.29 is 13.2 Å². The molecule has 2 aromatic rings. The maximum atomic E-state index is 12.4. The number of benzene rings is 1. The minimum absolute atomic E-state index is 0.650. The number of aryl methyl sites for hydroxylation is 1. The van der Waals surface area contributed by atoms with Gasteiger partial charge in [0.1, 0.15) is 0 Å². The molecule has 0 aliphatic carbocycles. The van der Waals surface area contributed by atoms with E-state index in [4.69, 9.17) is 0 Å². The molecule has 18 heavy (non-hydrogen) atoms. The Morgan fingerprint density at radius 3 is 2.28 bits per heavy atom. The van der Waals surface area contributed by atoms with Crippen molar-refractivity contribution in [2.75, 3.05) is 0 Å². The largest absolute Gasteiger partial charge is 0.416 e. The summed E-state index contributed by atoms with van der Waals surface area (Å²) in [5, 5.41) is 4.90. The van der Waals surface area contributed by atoms with Gasteiger partial charge in [0.15, 0.2) is 0 Å². The zero-order chi connectivity index (χ0) is 13.3. The summed E-state index contributed by atoms with van der Waals surface area (Å²) in [6.45, 7) is 0. The van der Waals surface area contributed by atoms with Crippen molar-refractivity contribution in [2.24, 2.45) is 7.05 Å². The van der Waals surface area contributed by atoms with Gasteiger partial charge in [-0.15, -0.1) is 0 Å². The molecule has 1 aromatic heterocycles. The summed E-state index contributed by atoms with van der Waals surface area (Å²) in [6.07, 6.45) is -4.30. The lowest BCUT2D eigenvalue weighted by atomic mass is 10.1. The van der Waals surface area contributed by atoms with E-state index in [1.165, 1.54) is 12.1 Å². The van der Waals surface area contributed by atoms with Crippen LogP contribution in [-0.4, -0.2) is 9.78 Å². The molecule has 0 atom stereocenters. The lowest BCUT2D eigenvalue weighted by molar-refractivity contribution is -0.137. The van der Waals surface area contributed by atoms with Gasteiger partial charge in [0, 0.05) is 23.6 Å². The summed E-state index contributed by atoms with van der Waals surface area (Å²) in [5.41, 5.74) is 1.65. The third-order valence-electron chi connectivity index (χ3n) is 2.62. The smallest absolute Gasteiger partial charge is 0.271 e. The van der Waals surface area contributed by atoms with Crippen molar-refractivity contribution in [3.8, 4) is 11.3 Å². The van der Waals surface area contributed by atoms with Gasteiger partial charge in [-0.3, -0.25) is 4.68 Å². The Morgan fingerprint density at radius 2 is 1.83 bits per heavy atom. The predicted octanol–water partition coefficient (Wildman–Crippen LogP) is 4.00. The monoisotopic (exact) mass is 318 g/mol. The SMILES string of the molecule is Cn1nc(-c2ccc(C(F)(F)F)cc2)cc1CBr. The molecule has 0 spiro atoms. The van der Waals surface area contributed by atoms with E-state index >= 15 is 0 Å². The van der Waals surface area contributed by atoms with E-state index in [2.05, 4.69) is 21.0 Å². The summed E-state index contributed by atoms with van der Waals surface area (Å²) in [4.78, 5) is 0. The van der Waals surface area contributed by atoms with Crippen LogP contribution in [0.5, 0.6) is 0 Å². The second-order valence-corrected chi connectivity index (χ2v) is 4.41. The van der Waals surface area contributed by atoms with Crippen LogP contribution in [0.4, 0.5) is 13.2 Å². The molecule has 0 saturated heterocycles. The Balaban J connectivity index is 2.34. The van der Waals surface area contributed by atoms with Crippen LogP contribution in [0.3, 0.4) is 0 Å². The highest BCUT2D eigenvalue weighted by Crippen LogP contribution is 2.30. The molecule has 0 amide bonds. The number of hydrogen-bond donors (Lipinski definition) is 0. The van der Waals surface area contributed by atoms with Crippen LogP contribution in [0.1, 0.15) is 11.3 Å². The van der Waals surface area contributed by atoms with Gasteiger partial charge in [0.2, 0.25) is 0 Å². The zero-order valence-electron chi connectivity index (χ0n) is 9.50. The molecule has 0 aliphatic heterocycles. The first-order chi connectivity index (χ1) is 8.41. The Morgan fingerprint density at radius 1 is 1.22 bits per heavy atom. The lowest BCUT2D eigenvalue weighted by Gasteiger charge is -2.06. The average Bonchev–Trinajstić information content (AvgIpc) is 2.69. The predicted molar refractivity (Wildman–Crippen MR) is 66.3 cm³/mol. The number of halogens is 4. The van der Waals surface area contributed by atoms with E-state index in [0.717, 1.165) is 17.8 Å². The number of aromatic nitrogens is 2. The first-order valence-corrected chi connectivity index (χ1v) is 6.30. The van der Waals surface area contributed by atoms with Crippen LogP contribution in [0.15, 0.2) is 30.3 Å². The minimum atomic E-state index is -4.30. The number of nitrogens with zero attached hydrogens (tertiary/aromatic N) is 2. The van der Waals surface area contributed by atoms with Gasteiger partial charge in [0.05, 0.1) is 11.3 Å². The lowest BCUT2D eigenvalue weighted by Crippen LogP contribution is -2.04. The van der Waals surface area contributed by atoms with E-state index in [0.29, 0.717) is 16.6 Å². The quantitative estimate of drug-likeness (QED) is 0.765. The number of rotatable bonds is 2. The van der Waals surface area contributed by atoms with Crippen molar-refractivity contribution in [3.63, 3.8) is 0 Å². The molecule has 0 aliphatic rings. The van der Waals surface area contributed by atoms with Gasteiger partial charge in [0.25, 0.3) is 0 Å². The fraction of sp³-hybridized carbons (Fsp3) is 0.250. The van der Waals surface area contributed by atoms with Crippen LogP contribution in [0.2, 0.25) is 0 Å². The van der Waals surface area contributed by atoms with E-state index in [1.54, 1.807) is 11.7 Å². The first kappa shape index (κ1) is 13.1. The maximum Gasteiger partial charge on any atom is 0.416 e. The zero-order valence-corrected chi connectivity index (χ0v) is 11.1. The molecule has 6 heteroatoms. The molecule has 0 bridgehead atoms. The molecule has 0 N–H and O–H groups in total. The fourth-order valence-electron chi connectivity index (χ4n) is 1.60. The average molecular weight is 319 g/mol. The molecular formula is C12H10BrF3N2. The van der Waals surface area contributed by atoms with Crippen molar-refractivity contribution in [2.45, 2.75) is 11.5 Å². The highest BCUT2D eigenvalue weighted by molar-refractivity contribution is 9.08. The molecule has 1 heterocycles. The van der Waals surface area contributed by atoms with E-state index in [9.17, 15) is 13.2 Å². The number of alkyl halides is 4. The highest BCUT2D eigenvalue weighted by Gasteiger charge is 2.30. The van der Waals surface area contributed by atoms with Crippen LogP contribution in [-0.2, 0) is 18.6 Å². The Labute approximate surface area is 111 Å². The summed E-state index contributed by atoms with van der Waals surface area (Å²) in [5.74, 6) is 0. The molecule has 0 unspecified atom stereocenters. The van der Waals surface area contributed by atoms with Gasteiger partial charge < -0.3 is 0 Å². The molecule has 0 fully saturated rings. The summed E-state index contributed by atoms with van der Waals surface area (Å²) >= 11 is 3.32. The van der Waals surface area contributed by atoms with Crippen molar-refractivity contribution in [3.05, 3.63) is 41.6 Å². The third-order valence-corrected chi connectivity index (χ3v) is 3.20. The normalized spacial score (nSPS) is 11.8. The second kappa shape index (κ2) is 4.76. The maximum absolute atomic E-state index is 12.4. The molecule has 2 nitrogen and oxygen atoms in total. The topological polar surface area (TPSA) is 17.8 Å². The standard InChI is InChI=1S/C12H10BrF3N2/c1-18-10(7-13)6-11(17-18)8-2-4-9(5-3-8)12(14,15)16/h2-6H,7H2,1H3. The summed E-state index contributed by atoms with van der Waals surface area (Å²) in [6, 6.07) is 6.85. The fourth-order valence-corrected chi connectivity index (χ4v) is 2.13. The molecule has 0 radical (unpaired) electrons. The van der Waals surface area contributed by atoms with Crippen LogP contribution in [0, 0.1) is 0 Å². The Kier molecular flexibility index (Phi) is 3.47. The summed E-state index contributed by atoms with van der Waals surface area (Å²) in [7, 11) is 1.80. The van der Waals surface area contributed by atoms with Crippen molar-refractivity contribution >= 4 is 15.9 Å². The van der Waals surface area contributed by atoms with E-state index in [-0.39, 0.29) is 0 Å². The molecule has 0 saturated carbocycles. The Hall–Kier alpha value is -1.30. The van der Waals surface area contributed by atoms with Crippen molar-refractivity contribution in [1.29, 1.82) is 0 Å². The third kappa shape index (κ3) is 2.58. The van der Waals surface area contributed by atoms with Crippen LogP contribution >= 0.6 is 15.9 Å². The van der Waals surface area contributed by atoms with Gasteiger partial charge in [-0.2, -0.15) is 18.3 Å². The molecule has 2 rings (SSSR count). The Bertz CT molecular complexity index is 543. The van der Waals surface area contributed by atoms with Crippen molar-refractivity contribution in [1.82, 2.24) is 9.78 Å². The molecule has 96 valence electrons.